The van der Waals surface area contributed by atoms with E-state index in [4.69, 9.17) is 5.41 Å². The highest BCUT2D eigenvalue weighted by Crippen LogP contribution is 2.40. The van der Waals surface area contributed by atoms with Gasteiger partial charge in [-0.2, -0.15) is 0 Å². The molecule has 216 valence electrons. The maximum atomic E-state index is 13.7. The van der Waals surface area contributed by atoms with Gasteiger partial charge in [0.05, 0.1) is 24.1 Å². The van der Waals surface area contributed by atoms with Gasteiger partial charge in [0.15, 0.2) is 5.78 Å². The molecule has 6 nitrogen and oxygen atoms in total. The van der Waals surface area contributed by atoms with E-state index in [1.54, 1.807) is 4.57 Å². The number of carbonyl (C=O) groups excluding carboxylic acids is 1. The fourth-order valence-electron chi connectivity index (χ4n) is 4.87. The SMILES string of the molecule is CN(C)c1ccc(Cn2c(=N)n(CC(=O)c3cc(C(C)(C)C)c(O)c(C(C)(C)C)c3)c3ccccc32)cc1.Cl.Cl. The fourth-order valence-corrected chi connectivity index (χ4v) is 4.87. The number of aromatic nitrogens is 2. The number of rotatable bonds is 6. The summed E-state index contributed by atoms with van der Waals surface area (Å²) in [4.78, 5) is 15.8. The summed E-state index contributed by atoms with van der Waals surface area (Å²) in [6, 6.07) is 19.8. The number of Topliss-reactive ketones (excluding diaryl/α,β-unsaturated/α-hetero) is 1. The van der Waals surface area contributed by atoms with E-state index in [1.165, 1.54) is 0 Å². The molecule has 3 aromatic carbocycles. The normalized spacial score (nSPS) is 11.6. The van der Waals surface area contributed by atoms with Gasteiger partial charge in [-0.1, -0.05) is 65.8 Å². The maximum Gasteiger partial charge on any atom is 0.203 e. The minimum absolute atomic E-state index is 0. The van der Waals surface area contributed by atoms with Crippen LogP contribution in [0.2, 0.25) is 0 Å². The van der Waals surface area contributed by atoms with Crippen molar-refractivity contribution in [3.63, 3.8) is 0 Å². The molecule has 0 radical (unpaired) electrons. The molecule has 0 unspecified atom stereocenters. The second kappa shape index (κ2) is 12.1. The van der Waals surface area contributed by atoms with Crippen LogP contribution in [0.25, 0.3) is 11.0 Å². The zero-order valence-corrected chi connectivity index (χ0v) is 26.3. The van der Waals surface area contributed by atoms with Crippen LogP contribution in [-0.2, 0) is 23.9 Å². The van der Waals surface area contributed by atoms with Crippen molar-refractivity contribution in [2.75, 3.05) is 19.0 Å². The van der Waals surface area contributed by atoms with Crippen LogP contribution < -0.4 is 10.5 Å². The summed E-state index contributed by atoms with van der Waals surface area (Å²) in [6.07, 6.45) is 0. The molecule has 0 fully saturated rings. The van der Waals surface area contributed by atoms with Gasteiger partial charge in [0.25, 0.3) is 0 Å². The highest BCUT2D eigenvalue weighted by molar-refractivity contribution is 5.97. The van der Waals surface area contributed by atoms with Gasteiger partial charge in [0, 0.05) is 36.5 Å². The number of ketones is 1. The van der Waals surface area contributed by atoms with Gasteiger partial charge in [-0.15, -0.1) is 24.8 Å². The summed E-state index contributed by atoms with van der Waals surface area (Å²) in [5.74, 6) is 0.171. The Balaban J connectivity index is 0.00000280. The topological polar surface area (TPSA) is 74.2 Å². The molecule has 1 heterocycles. The third kappa shape index (κ3) is 6.56. The lowest BCUT2D eigenvalue weighted by atomic mass is 9.78. The molecule has 0 atom stereocenters. The Labute approximate surface area is 250 Å². The quantitative estimate of drug-likeness (QED) is 0.238. The number of hydrogen-bond acceptors (Lipinski definition) is 4. The van der Waals surface area contributed by atoms with Crippen molar-refractivity contribution in [1.29, 1.82) is 5.41 Å². The van der Waals surface area contributed by atoms with E-state index in [0.717, 1.165) is 33.4 Å². The number of nitrogens with one attached hydrogen (secondary N) is 1. The van der Waals surface area contributed by atoms with Gasteiger partial charge >= 0.3 is 0 Å². The highest BCUT2D eigenvalue weighted by Gasteiger charge is 2.28. The summed E-state index contributed by atoms with van der Waals surface area (Å²) in [6.45, 7) is 12.8. The van der Waals surface area contributed by atoms with Crippen molar-refractivity contribution in [2.24, 2.45) is 0 Å². The van der Waals surface area contributed by atoms with Crippen LogP contribution in [-0.4, -0.2) is 34.1 Å². The molecular formula is C32H42Cl2N4O2. The Hall–Kier alpha value is -3.22. The lowest BCUT2D eigenvalue weighted by Crippen LogP contribution is -2.28. The summed E-state index contributed by atoms with van der Waals surface area (Å²) >= 11 is 0. The molecular weight excluding hydrogens is 543 g/mol. The average molecular weight is 586 g/mol. The number of fused-ring (bicyclic) bond motifs is 1. The lowest BCUT2D eigenvalue weighted by molar-refractivity contribution is 0.0971. The van der Waals surface area contributed by atoms with E-state index in [-0.39, 0.29) is 59.3 Å². The van der Waals surface area contributed by atoms with Gasteiger partial charge in [-0.3, -0.25) is 10.2 Å². The molecule has 8 heteroatoms. The van der Waals surface area contributed by atoms with Gasteiger partial charge in [-0.05, 0) is 52.8 Å². The zero-order valence-electron chi connectivity index (χ0n) is 24.7. The van der Waals surface area contributed by atoms with Crippen LogP contribution in [0, 0.1) is 5.41 Å². The number of hydrogen-bond donors (Lipinski definition) is 2. The number of phenolic OH excluding ortho intramolecular Hbond substituents is 1. The second-order valence-corrected chi connectivity index (χ2v) is 12.4. The number of halogens is 2. The van der Waals surface area contributed by atoms with Gasteiger partial charge < -0.3 is 19.1 Å². The summed E-state index contributed by atoms with van der Waals surface area (Å²) in [7, 11) is 4.03. The number of anilines is 1. The Morgan fingerprint density at radius 2 is 1.30 bits per heavy atom. The molecule has 4 rings (SSSR count). The highest BCUT2D eigenvalue weighted by atomic mass is 35.5. The molecule has 4 aromatic rings. The number of carbonyl (C=O) groups is 1. The first-order chi connectivity index (χ1) is 17.7. The smallest absolute Gasteiger partial charge is 0.203 e. The van der Waals surface area contributed by atoms with Crippen molar-refractivity contribution in [3.8, 4) is 5.75 Å². The molecule has 40 heavy (non-hydrogen) atoms. The van der Waals surface area contributed by atoms with E-state index >= 15 is 0 Å². The number of aromatic hydroxyl groups is 1. The van der Waals surface area contributed by atoms with Crippen LogP contribution in [0.4, 0.5) is 5.69 Å². The van der Waals surface area contributed by atoms with Gasteiger partial charge in [0.2, 0.25) is 5.62 Å². The Kier molecular flexibility index (Phi) is 9.99. The standard InChI is InChI=1S/C32H40N4O2.2ClH/c1-31(2,3)24-17-22(18-25(29(24)38)32(4,5)6)28(37)20-36-27-12-10-9-11-26(27)35(30(36)33)19-21-13-15-23(16-14-21)34(7)8;;/h9-18,33,38H,19-20H2,1-8H3;2*1H. The molecule has 0 amide bonds. The number of imidazole rings is 1. The minimum atomic E-state index is -0.327. The molecule has 0 spiro atoms. The van der Waals surface area contributed by atoms with Gasteiger partial charge in [0.1, 0.15) is 5.75 Å². The molecule has 0 saturated heterocycles. The zero-order chi connectivity index (χ0) is 28.0. The molecule has 0 aliphatic heterocycles. The number of phenols is 1. The van der Waals surface area contributed by atoms with E-state index in [2.05, 4.69) is 29.2 Å². The summed E-state index contributed by atoms with van der Waals surface area (Å²) in [5.41, 5.74) is 5.67. The van der Waals surface area contributed by atoms with E-state index in [0.29, 0.717) is 12.1 Å². The molecule has 2 N–H and O–H groups in total. The summed E-state index contributed by atoms with van der Waals surface area (Å²) < 4.78 is 3.73. The van der Waals surface area contributed by atoms with Crippen LogP contribution >= 0.6 is 24.8 Å². The maximum absolute atomic E-state index is 13.7. The Morgan fingerprint density at radius 1 is 0.825 bits per heavy atom. The first-order valence-corrected chi connectivity index (χ1v) is 13.1. The molecule has 0 bridgehead atoms. The third-order valence-corrected chi connectivity index (χ3v) is 7.12. The van der Waals surface area contributed by atoms with Crippen molar-refractivity contribution in [2.45, 2.75) is 65.5 Å². The average Bonchev–Trinajstić information content (AvgIpc) is 3.09. The minimum Gasteiger partial charge on any atom is -0.507 e. The van der Waals surface area contributed by atoms with Crippen LogP contribution in [0.5, 0.6) is 5.75 Å². The third-order valence-electron chi connectivity index (χ3n) is 7.12. The van der Waals surface area contributed by atoms with E-state index in [1.807, 2.05) is 96.6 Å². The van der Waals surface area contributed by atoms with Crippen molar-refractivity contribution in [1.82, 2.24) is 9.13 Å². The van der Waals surface area contributed by atoms with Crippen molar-refractivity contribution >= 4 is 47.3 Å². The Bertz CT molecular complexity index is 1520. The number of benzene rings is 3. The molecule has 0 aliphatic carbocycles. The fraction of sp³-hybridized carbons (Fsp3) is 0.375. The first kappa shape index (κ1) is 33.0. The summed E-state index contributed by atoms with van der Waals surface area (Å²) in [5, 5.41) is 20.1. The van der Waals surface area contributed by atoms with E-state index < -0.39 is 0 Å². The van der Waals surface area contributed by atoms with Gasteiger partial charge in [-0.25, -0.2) is 0 Å². The number of nitrogens with zero attached hydrogens (tertiary/aromatic N) is 3. The molecule has 0 saturated carbocycles. The van der Waals surface area contributed by atoms with Crippen LogP contribution in [0.3, 0.4) is 0 Å². The van der Waals surface area contributed by atoms with Crippen molar-refractivity contribution < 1.29 is 9.90 Å². The van der Waals surface area contributed by atoms with Crippen LogP contribution in [0.15, 0.2) is 60.7 Å². The van der Waals surface area contributed by atoms with Crippen LogP contribution in [0.1, 0.15) is 68.6 Å². The van der Waals surface area contributed by atoms with Crippen molar-refractivity contribution in [3.05, 3.63) is 88.5 Å². The monoisotopic (exact) mass is 584 g/mol. The number of para-hydroxylation sites is 2. The predicted octanol–water partition coefficient (Wildman–Crippen LogP) is 7.06. The largest absolute Gasteiger partial charge is 0.507 e. The predicted molar refractivity (Wildman–Crippen MR) is 170 cm³/mol. The molecule has 0 aliphatic rings. The molecule has 1 aromatic heterocycles. The van der Waals surface area contributed by atoms with E-state index in [9.17, 15) is 9.90 Å². The first-order valence-electron chi connectivity index (χ1n) is 13.1. The second-order valence-electron chi connectivity index (χ2n) is 12.4. The lowest BCUT2D eigenvalue weighted by Gasteiger charge is -2.28. The Morgan fingerprint density at radius 3 is 1.75 bits per heavy atom.